The molecule has 4 nitrogen and oxygen atoms in total. The molecule has 4 N–H and O–H groups in total. The number of benzene rings is 2. The molecule has 0 aliphatic carbocycles. The number of hydrogen-bond acceptors (Lipinski definition) is 3. The van der Waals surface area contributed by atoms with Crippen molar-refractivity contribution in [2.45, 2.75) is 6.92 Å². The predicted octanol–water partition coefficient (Wildman–Crippen LogP) is 3.44. The third kappa shape index (κ3) is 3.11. The first-order valence-corrected chi connectivity index (χ1v) is 6.95. The molecule has 0 bridgehead atoms. The molecule has 0 fully saturated rings. The van der Waals surface area contributed by atoms with Crippen molar-refractivity contribution in [2.75, 3.05) is 18.1 Å². The van der Waals surface area contributed by atoms with Crippen molar-refractivity contribution in [3.8, 4) is 0 Å². The Morgan fingerprint density at radius 2 is 1.95 bits per heavy atom. The Morgan fingerprint density at radius 1 is 1.20 bits per heavy atom. The number of aryl methyl sites for hydroxylation is 1. The molecular formula is C15H16BrN3O. The second-order valence-corrected chi connectivity index (χ2v) is 5.32. The molecule has 2 rings (SSSR count). The summed E-state index contributed by atoms with van der Waals surface area (Å²) in [4.78, 5) is 11.5. The maximum absolute atomic E-state index is 11.5. The van der Waals surface area contributed by atoms with Crippen LogP contribution in [0.25, 0.3) is 0 Å². The fraction of sp³-hybridized carbons (Fsp3) is 0.133. The van der Waals surface area contributed by atoms with Gasteiger partial charge in [0.15, 0.2) is 0 Å². The zero-order valence-electron chi connectivity index (χ0n) is 11.3. The van der Waals surface area contributed by atoms with Crippen molar-refractivity contribution in [3.63, 3.8) is 0 Å². The van der Waals surface area contributed by atoms with E-state index in [-0.39, 0.29) is 5.91 Å². The number of halogens is 1. The minimum absolute atomic E-state index is 0.150. The number of rotatable bonds is 3. The van der Waals surface area contributed by atoms with Gasteiger partial charge in [-0.2, -0.15) is 0 Å². The minimum Gasteiger partial charge on any atom is -0.397 e. The smallest absolute Gasteiger partial charge is 0.251 e. The van der Waals surface area contributed by atoms with Crippen molar-refractivity contribution in [1.29, 1.82) is 0 Å². The fourth-order valence-electron chi connectivity index (χ4n) is 1.84. The largest absolute Gasteiger partial charge is 0.397 e. The molecule has 1 amide bonds. The van der Waals surface area contributed by atoms with E-state index in [0.29, 0.717) is 11.3 Å². The summed E-state index contributed by atoms with van der Waals surface area (Å²) >= 11 is 3.47. The van der Waals surface area contributed by atoms with Gasteiger partial charge in [-0.25, -0.2) is 0 Å². The number of nitrogen functional groups attached to an aromatic ring is 1. The second-order valence-electron chi connectivity index (χ2n) is 4.47. The zero-order valence-corrected chi connectivity index (χ0v) is 12.9. The van der Waals surface area contributed by atoms with Gasteiger partial charge in [0.05, 0.1) is 11.4 Å². The van der Waals surface area contributed by atoms with Crippen LogP contribution in [0.1, 0.15) is 15.9 Å². The molecule has 0 heterocycles. The Morgan fingerprint density at radius 3 is 2.55 bits per heavy atom. The van der Waals surface area contributed by atoms with E-state index in [4.69, 9.17) is 5.73 Å². The number of carbonyl (C=O) groups excluding carboxylic acids is 1. The summed E-state index contributed by atoms with van der Waals surface area (Å²) in [5, 5.41) is 5.82. The first kappa shape index (κ1) is 14.4. The number of anilines is 3. The first-order chi connectivity index (χ1) is 9.51. The van der Waals surface area contributed by atoms with Crippen LogP contribution in [0.5, 0.6) is 0 Å². The first-order valence-electron chi connectivity index (χ1n) is 6.16. The molecule has 0 radical (unpaired) electrons. The van der Waals surface area contributed by atoms with Crippen LogP contribution in [0.4, 0.5) is 17.1 Å². The number of nitrogens with two attached hydrogens (primary N) is 1. The van der Waals surface area contributed by atoms with Gasteiger partial charge in [0.2, 0.25) is 0 Å². The summed E-state index contributed by atoms with van der Waals surface area (Å²) in [6.07, 6.45) is 0. The lowest BCUT2D eigenvalue weighted by molar-refractivity contribution is 0.0963. The lowest BCUT2D eigenvalue weighted by Gasteiger charge is -2.11. The van der Waals surface area contributed by atoms with Gasteiger partial charge in [0.1, 0.15) is 0 Å². The van der Waals surface area contributed by atoms with E-state index in [1.807, 2.05) is 25.1 Å². The van der Waals surface area contributed by atoms with Crippen LogP contribution in [-0.2, 0) is 0 Å². The molecule has 0 aromatic heterocycles. The SMILES string of the molecule is CNC(=O)c1ccc(Nc2ccc(Br)c(C)c2)c(N)c1. The zero-order chi connectivity index (χ0) is 14.7. The van der Waals surface area contributed by atoms with Gasteiger partial charge in [-0.15, -0.1) is 0 Å². The van der Waals surface area contributed by atoms with Crippen molar-refractivity contribution in [1.82, 2.24) is 5.32 Å². The van der Waals surface area contributed by atoms with E-state index in [2.05, 4.69) is 26.6 Å². The normalized spacial score (nSPS) is 10.2. The summed E-state index contributed by atoms with van der Waals surface area (Å²) in [7, 11) is 1.59. The third-order valence-electron chi connectivity index (χ3n) is 2.98. The monoisotopic (exact) mass is 333 g/mol. The van der Waals surface area contributed by atoms with Crippen LogP contribution < -0.4 is 16.4 Å². The number of nitrogens with one attached hydrogen (secondary N) is 2. The van der Waals surface area contributed by atoms with Crippen molar-refractivity contribution < 1.29 is 4.79 Å². The Balaban J connectivity index is 2.25. The minimum atomic E-state index is -0.150. The third-order valence-corrected chi connectivity index (χ3v) is 3.87. The Kier molecular flexibility index (Phi) is 4.29. The van der Waals surface area contributed by atoms with E-state index in [9.17, 15) is 4.79 Å². The van der Waals surface area contributed by atoms with E-state index < -0.39 is 0 Å². The van der Waals surface area contributed by atoms with Gasteiger partial charge >= 0.3 is 0 Å². The van der Waals surface area contributed by atoms with Crippen LogP contribution in [0.3, 0.4) is 0 Å². The Hall–Kier alpha value is -2.01. The molecule has 2 aromatic carbocycles. The topological polar surface area (TPSA) is 67.2 Å². The van der Waals surface area contributed by atoms with E-state index in [1.54, 1.807) is 25.2 Å². The summed E-state index contributed by atoms with van der Waals surface area (Å²) in [5.74, 6) is -0.150. The van der Waals surface area contributed by atoms with Crippen LogP contribution in [0.15, 0.2) is 40.9 Å². The van der Waals surface area contributed by atoms with Crippen LogP contribution in [0.2, 0.25) is 0 Å². The Bertz CT molecular complexity index is 656. The molecule has 2 aromatic rings. The maximum Gasteiger partial charge on any atom is 0.251 e. The lowest BCUT2D eigenvalue weighted by atomic mass is 10.1. The van der Waals surface area contributed by atoms with E-state index in [0.717, 1.165) is 21.4 Å². The Labute approximate surface area is 126 Å². The highest BCUT2D eigenvalue weighted by Gasteiger charge is 2.07. The maximum atomic E-state index is 11.5. The van der Waals surface area contributed by atoms with Gasteiger partial charge in [-0.3, -0.25) is 4.79 Å². The average Bonchev–Trinajstić information content (AvgIpc) is 2.44. The summed E-state index contributed by atoms with van der Waals surface area (Å²) in [6.45, 7) is 2.02. The molecule has 0 unspecified atom stereocenters. The highest BCUT2D eigenvalue weighted by atomic mass is 79.9. The molecule has 0 saturated heterocycles. The summed E-state index contributed by atoms with van der Waals surface area (Å²) < 4.78 is 1.06. The van der Waals surface area contributed by atoms with Crippen LogP contribution >= 0.6 is 15.9 Å². The predicted molar refractivity (Wildman–Crippen MR) is 86.4 cm³/mol. The van der Waals surface area contributed by atoms with Crippen molar-refractivity contribution in [3.05, 3.63) is 52.0 Å². The molecule has 0 aliphatic rings. The van der Waals surface area contributed by atoms with Crippen LogP contribution in [-0.4, -0.2) is 13.0 Å². The van der Waals surface area contributed by atoms with Crippen molar-refractivity contribution >= 4 is 38.9 Å². The van der Waals surface area contributed by atoms with Crippen LogP contribution in [0, 0.1) is 6.92 Å². The molecular weight excluding hydrogens is 318 g/mol. The highest BCUT2D eigenvalue weighted by Crippen LogP contribution is 2.26. The quantitative estimate of drug-likeness (QED) is 0.753. The average molecular weight is 334 g/mol. The standard InChI is InChI=1S/C15H16BrN3O/c1-9-7-11(4-5-12(9)16)19-14-6-3-10(8-13(14)17)15(20)18-2/h3-8,19H,17H2,1-2H3,(H,18,20). The van der Waals surface area contributed by atoms with E-state index in [1.165, 1.54) is 0 Å². The molecule has 0 atom stereocenters. The van der Waals surface area contributed by atoms with Gasteiger partial charge in [0.25, 0.3) is 5.91 Å². The van der Waals surface area contributed by atoms with Gasteiger partial charge in [-0.1, -0.05) is 15.9 Å². The highest BCUT2D eigenvalue weighted by molar-refractivity contribution is 9.10. The molecule has 20 heavy (non-hydrogen) atoms. The molecule has 0 aliphatic heterocycles. The summed E-state index contributed by atoms with van der Waals surface area (Å²) in [6, 6.07) is 11.2. The van der Waals surface area contributed by atoms with Gasteiger partial charge < -0.3 is 16.4 Å². The van der Waals surface area contributed by atoms with E-state index >= 15 is 0 Å². The molecule has 0 saturated carbocycles. The van der Waals surface area contributed by atoms with Gasteiger partial charge in [-0.05, 0) is 48.9 Å². The number of amides is 1. The fourth-order valence-corrected chi connectivity index (χ4v) is 2.09. The number of hydrogen-bond donors (Lipinski definition) is 3. The lowest BCUT2D eigenvalue weighted by Crippen LogP contribution is -2.17. The molecule has 0 spiro atoms. The number of carbonyl (C=O) groups is 1. The molecule has 104 valence electrons. The van der Waals surface area contributed by atoms with Crippen molar-refractivity contribution in [2.24, 2.45) is 0 Å². The summed E-state index contributed by atoms with van der Waals surface area (Å²) in [5.41, 5.74) is 9.92. The second kappa shape index (κ2) is 5.96. The molecule has 5 heteroatoms. The van der Waals surface area contributed by atoms with Gasteiger partial charge in [0, 0.05) is 22.8 Å².